The normalized spacial score (nSPS) is 14.0. The van der Waals surface area contributed by atoms with Gasteiger partial charge in [-0.2, -0.15) is 0 Å². The van der Waals surface area contributed by atoms with E-state index in [4.69, 9.17) is 4.74 Å². The zero-order chi connectivity index (χ0) is 21.6. The Hall–Kier alpha value is -3.20. The van der Waals surface area contributed by atoms with Gasteiger partial charge in [0.15, 0.2) is 5.13 Å². The van der Waals surface area contributed by atoms with Gasteiger partial charge in [0.1, 0.15) is 16.1 Å². The lowest BCUT2D eigenvalue weighted by Crippen LogP contribution is -2.48. The summed E-state index contributed by atoms with van der Waals surface area (Å²) in [5.41, 5.74) is 1.81. The van der Waals surface area contributed by atoms with Gasteiger partial charge in [0.05, 0.1) is 7.11 Å². The van der Waals surface area contributed by atoms with Crippen LogP contribution in [0.5, 0.6) is 5.75 Å². The Balaban J connectivity index is 1.21. The zero-order valence-corrected chi connectivity index (χ0v) is 18.2. The summed E-state index contributed by atoms with van der Waals surface area (Å²) in [7, 11) is 1.60. The number of piperazine rings is 1. The number of pyridine rings is 1. The second-order valence-corrected chi connectivity index (χ2v) is 8.24. The number of carbonyl (C=O) groups excluding carboxylic acids is 2. The molecule has 0 saturated carbocycles. The summed E-state index contributed by atoms with van der Waals surface area (Å²) in [4.78, 5) is 38.7. The molecule has 0 bridgehead atoms. The van der Waals surface area contributed by atoms with E-state index in [0.29, 0.717) is 19.6 Å². The first-order valence-corrected chi connectivity index (χ1v) is 11.1. The van der Waals surface area contributed by atoms with Gasteiger partial charge in [-0.05, 0) is 18.2 Å². The standard InChI is InChI=1S/C22H25N5O3S/c1-30-18-7-3-2-5-16(18)15-24-19(28)8-9-20(29)26-11-13-27(14-12-26)22-25-17-6-4-10-23-21(17)31-22/h2-7,10H,8-9,11-15H2,1H3,(H,24,28). The van der Waals surface area contributed by atoms with Crippen LogP contribution in [0.2, 0.25) is 0 Å². The molecule has 1 fully saturated rings. The summed E-state index contributed by atoms with van der Waals surface area (Å²) in [6, 6.07) is 11.4. The van der Waals surface area contributed by atoms with Crippen LogP contribution in [-0.4, -0.2) is 60.0 Å². The third-order valence-corrected chi connectivity index (χ3v) is 6.33. The molecule has 1 aromatic carbocycles. The van der Waals surface area contributed by atoms with Crippen molar-refractivity contribution in [3.63, 3.8) is 0 Å². The van der Waals surface area contributed by atoms with Gasteiger partial charge in [0, 0.05) is 57.3 Å². The van der Waals surface area contributed by atoms with Gasteiger partial charge in [-0.25, -0.2) is 9.97 Å². The van der Waals surface area contributed by atoms with E-state index in [1.54, 1.807) is 24.6 Å². The highest BCUT2D eigenvalue weighted by atomic mass is 32.1. The van der Waals surface area contributed by atoms with Crippen molar-refractivity contribution >= 4 is 38.6 Å². The van der Waals surface area contributed by atoms with Crippen molar-refractivity contribution < 1.29 is 14.3 Å². The van der Waals surface area contributed by atoms with Crippen LogP contribution in [0.1, 0.15) is 18.4 Å². The number of hydrogen-bond donors (Lipinski definition) is 1. The second kappa shape index (κ2) is 9.74. The Kier molecular flexibility index (Phi) is 6.61. The van der Waals surface area contributed by atoms with Gasteiger partial charge >= 0.3 is 0 Å². The predicted molar refractivity (Wildman–Crippen MR) is 120 cm³/mol. The molecule has 3 heterocycles. The number of thiazole rings is 1. The van der Waals surface area contributed by atoms with E-state index in [-0.39, 0.29) is 24.7 Å². The van der Waals surface area contributed by atoms with Crippen LogP contribution >= 0.6 is 11.3 Å². The zero-order valence-electron chi connectivity index (χ0n) is 17.4. The van der Waals surface area contributed by atoms with Gasteiger partial charge in [-0.15, -0.1) is 0 Å². The van der Waals surface area contributed by atoms with E-state index in [1.165, 1.54) is 0 Å². The highest BCUT2D eigenvalue weighted by molar-refractivity contribution is 7.21. The molecule has 9 heteroatoms. The third-order valence-electron chi connectivity index (χ3n) is 5.29. The number of anilines is 1. The summed E-state index contributed by atoms with van der Waals surface area (Å²) in [6.07, 6.45) is 2.16. The lowest BCUT2D eigenvalue weighted by molar-refractivity contribution is -0.133. The lowest BCUT2D eigenvalue weighted by atomic mass is 10.2. The molecule has 2 aromatic heterocycles. The molecule has 0 radical (unpaired) electrons. The summed E-state index contributed by atoms with van der Waals surface area (Å²) in [5, 5.41) is 3.80. The van der Waals surface area contributed by atoms with Gasteiger partial charge < -0.3 is 19.9 Å². The van der Waals surface area contributed by atoms with Gasteiger partial charge in [0.25, 0.3) is 0 Å². The number of amides is 2. The predicted octanol–water partition coefficient (Wildman–Crippen LogP) is 2.45. The highest BCUT2D eigenvalue weighted by Gasteiger charge is 2.23. The van der Waals surface area contributed by atoms with Gasteiger partial charge in [-0.1, -0.05) is 29.5 Å². The fourth-order valence-corrected chi connectivity index (χ4v) is 4.51. The van der Waals surface area contributed by atoms with Crippen LogP contribution in [-0.2, 0) is 16.1 Å². The number of rotatable bonds is 7. The second-order valence-electron chi connectivity index (χ2n) is 7.28. The minimum absolute atomic E-state index is 0.0121. The van der Waals surface area contributed by atoms with Crippen molar-refractivity contribution in [1.82, 2.24) is 20.2 Å². The van der Waals surface area contributed by atoms with Crippen LogP contribution in [0.25, 0.3) is 10.3 Å². The maximum atomic E-state index is 12.5. The smallest absolute Gasteiger partial charge is 0.223 e. The summed E-state index contributed by atoms with van der Waals surface area (Å²) in [6.45, 7) is 3.10. The lowest BCUT2D eigenvalue weighted by Gasteiger charge is -2.34. The Morgan fingerprint density at radius 1 is 1.10 bits per heavy atom. The molecule has 0 aliphatic carbocycles. The van der Waals surface area contributed by atoms with E-state index < -0.39 is 0 Å². The van der Waals surface area contributed by atoms with E-state index in [9.17, 15) is 9.59 Å². The Labute approximate surface area is 184 Å². The molecule has 1 N–H and O–H groups in total. The average Bonchev–Trinajstić information content (AvgIpc) is 3.26. The quantitative estimate of drug-likeness (QED) is 0.609. The van der Waals surface area contributed by atoms with Gasteiger partial charge in [0.2, 0.25) is 11.8 Å². The third kappa shape index (κ3) is 5.11. The molecule has 162 valence electrons. The topological polar surface area (TPSA) is 87.7 Å². The number of para-hydroxylation sites is 1. The molecular weight excluding hydrogens is 414 g/mol. The molecule has 4 rings (SSSR count). The summed E-state index contributed by atoms with van der Waals surface area (Å²) in [5.74, 6) is 0.610. The summed E-state index contributed by atoms with van der Waals surface area (Å²) >= 11 is 1.57. The number of aromatic nitrogens is 2. The molecule has 1 saturated heterocycles. The first-order valence-electron chi connectivity index (χ1n) is 10.3. The molecule has 1 aliphatic rings. The molecule has 31 heavy (non-hydrogen) atoms. The number of carbonyl (C=O) groups is 2. The van der Waals surface area contributed by atoms with Crippen LogP contribution in [0.3, 0.4) is 0 Å². The van der Waals surface area contributed by atoms with Crippen LogP contribution in [0.15, 0.2) is 42.6 Å². The first kappa shape index (κ1) is 21.0. The van der Waals surface area contributed by atoms with Gasteiger partial charge in [-0.3, -0.25) is 9.59 Å². The maximum absolute atomic E-state index is 12.5. The molecule has 2 amide bonds. The van der Waals surface area contributed by atoms with Crippen molar-refractivity contribution in [2.24, 2.45) is 0 Å². The van der Waals surface area contributed by atoms with Crippen molar-refractivity contribution in [3.8, 4) is 5.75 Å². The largest absolute Gasteiger partial charge is 0.496 e. The molecule has 3 aromatic rings. The van der Waals surface area contributed by atoms with E-state index in [0.717, 1.165) is 39.9 Å². The number of nitrogens with zero attached hydrogens (tertiary/aromatic N) is 4. The highest BCUT2D eigenvalue weighted by Crippen LogP contribution is 2.27. The van der Waals surface area contributed by atoms with Crippen LogP contribution < -0.4 is 15.0 Å². The number of benzene rings is 1. The first-order chi connectivity index (χ1) is 15.1. The van der Waals surface area contributed by atoms with Crippen LogP contribution in [0, 0.1) is 0 Å². The number of nitrogens with one attached hydrogen (secondary N) is 1. The average molecular weight is 440 g/mol. The minimum Gasteiger partial charge on any atom is -0.496 e. The number of fused-ring (bicyclic) bond motifs is 1. The monoisotopic (exact) mass is 439 g/mol. The molecule has 8 nitrogen and oxygen atoms in total. The van der Waals surface area contributed by atoms with Crippen LogP contribution in [0.4, 0.5) is 5.13 Å². The SMILES string of the molecule is COc1ccccc1CNC(=O)CCC(=O)N1CCN(c2nc3cccnc3s2)CC1. The van der Waals surface area contributed by atoms with E-state index in [2.05, 4.69) is 20.2 Å². The maximum Gasteiger partial charge on any atom is 0.223 e. The van der Waals surface area contributed by atoms with E-state index in [1.807, 2.05) is 41.3 Å². The van der Waals surface area contributed by atoms with Crippen molar-refractivity contribution in [2.75, 3.05) is 38.2 Å². The molecule has 0 unspecified atom stereocenters. The molecule has 0 spiro atoms. The Morgan fingerprint density at radius 2 is 1.90 bits per heavy atom. The summed E-state index contributed by atoms with van der Waals surface area (Å²) < 4.78 is 5.29. The minimum atomic E-state index is -0.139. The number of methoxy groups -OCH3 is 1. The number of hydrogen-bond acceptors (Lipinski definition) is 7. The fraction of sp³-hybridized carbons (Fsp3) is 0.364. The van der Waals surface area contributed by atoms with Crippen molar-refractivity contribution in [3.05, 3.63) is 48.2 Å². The Morgan fingerprint density at radius 3 is 2.68 bits per heavy atom. The fourth-order valence-electron chi connectivity index (χ4n) is 3.55. The molecule has 0 atom stereocenters. The van der Waals surface area contributed by atoms with Crippen molar-refractivity contribution in [2.45, 2.75) is 19.4 Å². The van der Waals surface area contributed by atoms with E-state index >= 15 is 0 Å². The Bertz CT molecular complexity index is 1030. The molecular formula is C22H25N5O3S. The molecule has 1 aliphatic heterocycles. The number of ether oxygens (including phenoxy) is 1. The van der Waals surface area contributed by atoms with Crippen molar-refractivity contribution in [1.29, 1.82) is 0 Å².